The molecule has 2 unspecified atom stereocenters. The number of benzene rings is 1. The lowest BCUT2D eigenvalue weighted by atomic mass is 10.00. The summed E-state index contributed by atoms with van der Waals surface area (Å²) in [4.78, 5) is 0. The molecule has 1 aromatic carbocycles. The third kappa shape index (κ3) is 3.02. The van der Waals surface area contributed by atoms with Crippen molar-refractivity contribution in [3.63, 3.8) is 0 Å². The van der Waals surface area contributed by atoms with Gasteiger partial charge in [-0.15, -0.1) is 8.58 Å². The van der Waals surface area contributed by atoms with Crippen LogP contribution >= 0.6 is 8.58 Å². The lowest BCUT2D eigenvalue weighted by Gasteiger charge is -2.14. The third-order valence-electron chi connectivity index (χ3n) is 3.16. The topological polar surface area (TPSA) is 12.0 Å². The van der Waals surface area contributed by atoms with Crippen LogP contribution in [0.4, 0.5) is 4.39 Å². The Kier molecular flexibility index (Phi) is 4.31. The molecule has 1 saturated heterocycles. The molecule has 0 aromatic heterocycles. The van der Waals surface area contributed by atoms with Gasteiger partial charge in [0.15, 0.2) is 0 Å². The van der Waals surface area contributed by atoms with Gasteiger partial charge in [0.1, 0.15) is 5.82 Å². The first-order valence-corrected chi connectivity index (χ1v) is 7.65. The van der Waals surface area contributed by atoms with Gasteiger partial charge in [-0.1, -0.05) is 6.07 Å². The maximum absolute atomic E-state index is 13.2. The maximum atomic E-state index is 13.2. The Morgan fingerprint density at radius 3 is 3.00 bits per heavy atom. The number of rotatable bonds is 4. The highest BCUT2D eigenvalue weighted by Gasteiger charge is 2.16. The van der Waals surface area contributed by atoms with Crippen LogP contribution < -0.4 is 5.32 Å². The number of hydrogen-bond donors (Lipinski definition) is 1. The zero-order valence-electron chi connectivity index (χ0n) is 9.72. The first-order chi connectivity index (χ1) is 7.79. The van der Waals surface area contributed by atoms with Gasteiger partial charge in [0.25, 0.3) is 0 Å². The van der Waals surface area contributed by atoms with Gasteiger partial charge in [0, 0.05) is 6.04 Å². The van der Waals surface area contributed by atoms with E-state index in [1.807, 2.05) is 6.07 Å². The summed E-state index contributed by atoms with van der Waals surface area (Å²) >= 11 is 0. The fraction of sp³-hybridized carbons (Fsp3) is 0.538. The van der Waals surface area contributed by atoms with Crippen LogP contribution in [0.5, 0.6) is 0 Å². The van der Waals surface area contributed by atoms with Crippen molar-refractivity contribution >= 4 is 8.58 Å². The van der Waals surface area contributed by atoms with Crippen molar-refractivity contribution < 1.29 is 4.39 Å². The van der Waals surface area contributed by atoms with Gasteiger partial charge in [0.05, 0.1) is 0 Å². The van der Waals surface area contributed by atoms with E-state index in [9.17, 15) is 4.39 Å². The molecular formula is C13H19FNP. The molecule has 16 heavy (non-hydrogen) atoms. The molecular weight excluding hydrogens is 220 g/mol. The normalized spacial score (nSPS) is 21.0. The smallest absolute Gasteiger partial charge is 0.123 e. The molecule has 1 aliphatic rings. The third-order valence-corrected chi connectivity index (χ3v) is 3.90. The van der Waals surface area contributed by atoms with Crippen LogP contribution in [0.2, 0.25) is 0 Å². The summed E-state index contributed by atoms with van der Waals surface area (Å²) in [5, 5.41) is 3.50. The highest BCUT2D eigenvalue weighted by molar-refractivity contribution is 7.36. The highest BCUT2D eigenvalue weighted by Crippen LogP contribution is 2.22. The second-order valence-electron chi connectivity index (χ2n) is 4.44. The van der Waals surface area contributed by atoms with Crippen LogP contribution in [0.15, 0.2) is 18.2 Å². The summed E-state index contributed by atoms with van der Waals surface area (Å²) in [6.07, 6.45) is 4.60. The van der Waals surface area contributed by atoms with E-state index in [1.54, 1.807) is 12.1 Å². The van der Waals surface area contributed by atoms with E-state index in [2.05, 4.69) is 12.0 Å². The Balaban J connectivity index is 2.11. The zero-order chi connectivity index (χ0) is 11.4. The SMILES string of the molecule is CPCc1cc(F)ccc1CC1CCCN1. The van der Waals surface area contributed by atoms with Gasteiger partial charge in [-0.25, -0.2) is 4.39 Å². The summed E-state index contributed by atoms with van der Waals surface area (Å²) in [5.74, 6) is -0.101. The lowest BCUT2D eigenvalue weighted by molar-refractivity contribution is 0.596. The van der Waals surface area contributed by atoms with Crippen LogP contribution in [-0.2, 0) is 12.6 Å². The van der Waals surface area contributed by atoms with Crippen LogP contribution in [-0.4, -0.2) is 19.3 Å². The van der Waals surface area contributed by atoms with Crippen molar-refractivity contribution in [3.05, 3.63) is 35.1 Å². The van der Waals surface area contributed by atoms with Gasteiger partial charge in [0.2, 0.25) is 0 Å². The molecule has 3 heteroatoms. The van der Waals surface area contributed by atoms with E-state index in [0.717, 1.165) is 27.7 Å². The molecule has 88 valence electrons. The second kappa shape index (κ2) is 5.75. The molecule has 0 saturated carbocycles. The quantitative estimate of drug-likeness (QED) is 0.797. The number of nitrogens with one attached hydrogen (secondary N) is 1. The monoisotopic (exact) mass is 239 g/mol. The van der Waals surface area contributed by atoms with Crippen molar-refractivity contribution in [2.24, 2.45) is 0 Å². The molecule has 0 spiro atoms. The van der Waals surface area contributed by atoms with Gasteiger partial charge in [-0.3, -0.25) is 0 Å². The van der Waals surface area contributed by atoms with Crippen molar-refractivity contribution in [2.75, 3.05) is 13.2 Å². The Bertz CT molecular complexity index is 348. The standard InChI is InChI=1S/C13H19FNP/c1-16-9-11-7-12(14)5-4-10(11)8-13-3-2-6-15-13/h4-5,7,13,15-16H,2-3,6,8-9H2,1H3. The minimum atomic E-state index is -0.101. The molecule has 0 radical (unpaired) electrons. The van der Waals surface area contributed by atoms with Gasteiger partial charge < -0.3 is 5.32 Å². The fourth-order valence-corrected chi connectivity index (χ4v) is 3.06. The van der Waals surface area contributed by atoms with Crippen LogP contribution in [0, 0.1) is 5.82 Å². The summed E-state index contributed by atoms with van der Waals surface area (Å²) in [7, 11) is 0.854. The summed E-state index contributed by atoms with van der Waals surface area (Å²) in [6, 6.07) is 5.86. The van der Waals surface area contributed by atoms with Crippen LogP contribution in [0.1, 0.15) is 24.0 Å². The molecule has 2 rings (SSSR count). The summed E-state index contributed by atoms with van der Waals surface area (Å²) in [6.45, 7) is 3.30. The van der Waals surface area contributed by atoms with Crippen molar-refractivity contribution in [3.8, 4) is 0 Å². The predicted octanol–water partition coefficient (Wildman–Crippen LogP) is 2.93. The van der Waals surface area contributed by atoms with E-state index in [0.29, 0.717) is 6.04 Å². The average Bonchev–Trinajstić information content (AvgIpc) is 2.75. The summed E-state index contributed by atoms with van der Waals surface area (Å²) < 4.78 is 13.2. The zero-order valence-corrected chi connectivity index (χ0v) is 10.7. The predicted molar refractivity (Wildman–Crippen MR) is 69.1 cm³/mol. The van der Waals surface area contributed by atoms with E-state index in [1.165, 1.54) is 24.0 Å². The average molecular weight is 239 g/mol. The largest absolute Gasteiger partial charge is 0.314 e. The lowest BCUT2D eigenvalue weighted by Crippen LogP contribution is -2.24. The molecule has 0 amide bonds. The molecule has 0 bridgehead atoms. The van der Waals surface area contributed by atoms with Gasteiger partial charge in [-0.05, 0) is 61.9 Å². The minimum Gasteiger partial charge on any atom is -0.314 e. The van der Waals surface area contributed by atoms with Gasteiger partial charge in [-0.2, -0.15) is 0 Å². The van der Waals surface area contributed by atoms with Crippen molar-refractivity contribution in [1.29, 1.82) is 0 Å². The van der Waals surface area contributed by atoms with Crippen molar-refractivity contribution in [1.82, 2.24) is 5.32 Å². The highest BCUT2D eigenvalue weighted by atomic mass is 31.1. The van der Waals surface area contributed by atoms with Gasteiger partial charge >= 0.3 is 0 Å². The molecule has 1 heterocycles. The maximum Gasteiger partial charge on any atom is 0.123 e. The Labute approximate surface area is 98.6 Å². The van der Waals surface area contributed by atoms with Crippen LogP contribution in [0.25, 0.3) is 0 Å². The van der Waals surface area contributed by atoms with E-state index >= 15 is 0 Å². The fourth-order valence-electron chi connectivity index (χ4n) is 2.35. The second-order valence-corrected chi connectivity index (χ2v) is 5.50. The summed E-state index contributed by atoms with van der Waals surface area (Å²) in [5.41, 5.74) is 2.53. The number of halogens is 1. The molecule has 1 aliphatic heterocycles. The molecule has 0 aliphatic carbocycles. The van der Waals surface area contributed by atoms with E-state index in [4.69, 9.17) is 0 Å². The number of hydrogen-bond acceptors (Lipinski definition) is 1. The van der Waals surface area contributed by atoms with E-state index in [-0.39, 0.29) is 5.82 Å². The molecule has 1 fully saturated rings. The molecule has 1 N–H and O–H groups in total. The van der Waals surface area contributed by atoms with Crippen molar-refractivity contribution in [2.45, 2.75) is 31.5 Å². The first-order valence-electron chi connectivity index (χ1n) is 5.95. The molecule has 2 atom stereocenters. The minimum absolute atomic E-state index is 0.101. The first kappa shape index (κ1) is 12.0. The molecule has 1 nitrogen and oxygen atoms in total. The molecule has 1 aromatic rings. The Morgan fingerprint density at radius 1 is 1.44 bits per heavy atom. The van der Waals surface area contributed by atoms with Crippen LogP contribution in [0.3, 0.4) is 0 Å². The Hall–Kier alpha value is -0.460. The van der Waals surface area contributed by atoms with E-state index < -0.39 is 0 Å². The Morgan fingerprint density at radius 2 is 2.31 bits per heavy atom.